The summed E-state index contributed by atoms with van der Waals surface area (Å²) in [7, 11) is 0. The van der Waals surface area contributed by atoms with Crippen LogP contribution in [0.4, 0.5) is 5.69 Å². The molecule has 1 aliphatic rings. The van der Waals surface area contributed by atoms with Gasteiger partial charge in [-0.3, -0.25) is 4.79 Å². The van der Waals surface area contributed by atoms with Gasteiger partial charge >= 0.3 is 0 Å². The van der Waals surface area contributed by atoms with Crippen LogP contribution in [-0.2, 0) is 11.2 Å². The minimum absolute atomic E-state index is 0.0127. The van der Waals surface area contributed by atoms with Gasteiger partial charge in [-0.1, -0.05) is 18.2 Å². The Balaban J connectivity index is 1.71. The lowest BCUT2D eigenvalue weighted by Gasteiger charge is -2.26. The molecular formula is C20H23NO3. The molecule has 0 aliphatic carbocycles. The number of carbonyl (C=O) groups excluding carboxylic acids is 1. The summed E-state index contributed by atoms with van der Waals surface area (Å²) in [5, 5.41) is 0. The first-order valence-electron chi connectivity index (χ1n) is 8.40. The smallest absolute Gasteiger partial charge is 0.268 e. The second kappa shape index (κ2) is 6.95. The van der Waals surface area contributed by atoms with Gasteiger partial charge in [0, 0.05) is 11.7 Å². The van der Waals surface area contributed by atoms with Crippen molar-refractivity contribution >= 4 is 11.6 Å². The van der Waals surface area contributed by atoms with E-state index in [0.29, 0.717) is 12.4 Å². The molecule has 3 rings (SSSR count). The fourth-order valence-electron chi connectivity index (χ4n) is 3.13. The predicted molar refractivity (Wildman–Crippen MR) is 94.8 cm³/mol. The molecule has 2 atom stereocenters. The van der Waals surface area contributed by atoms with Crippen LogP contribution in [0.15, 0.2) is 48.5 Å². The normalized spacial score (nSPS) is 17.3. The van der Waals surface area contributed by atoms with E-state index >= 15 is 0 Å². The van der Waals surface area contributed by atoms with E-state index in [-0.39, 0.29) is 11.9 Å². The Bertz CT molecular complexity index is 711. The van der Waals surface area contributed by atoms with Crippen LogP contribution < -0.4 is 14.4 Å². The summed E-state index contributed by atoms with van der Waals surface area (Å²) < 4.78 is 11.3. The van der Waals surface area contributed by atoms with E-state index < -0.39 is 6.10 Å². The third kappa shape index (κ3) is 3.23. The highest BCUT2D eigenvalue weighted by molar-refractivity contribution is 5.99. The molecule has 0 saturated carbocycles. The first-order chi connectivity index (χ1) is 11.6. The summed E-state index contributed by atoms with van der Waals surface area (Å²) in [6, 6.07) is 15.6. The number of para-hydroxylation sites is 1. The summed E-state index contributed by atoms with van der Waals surface area (Å²) >= 11 is 0. The molecule has 24 heavy (non-hydrogen) atoms. The molecule has 0 saturated heterocycles. The molecule has 0 spiro atoms. The molecule has 2 aromatic rings. The second-order valence-electron chi connectivity index (χ2n) is 6.05. The molecule has 0 radical (unpaired) electrons. The maximum atomic E-state index is 12.9. The molecule has 0 fully saturated rings. The molecule has 1 aliphatic heterocycles. The predicted octanol–water partition coefficient (Wildman–Crippen LogP) is 3.83. The Labute approximate surface area is 143 Å². The number of hydrogen-bond acceptors (Lipinski definition) is 3. The number of anilines is 1. The Hall–Kier alpha value is -2.49. The third-order valence-electron chi connectivity index (χ3n) is 4.24. The molecule has 0 N–H and O–H groups in total. The van der Waals surface area contributed by atoms with E-state index in [2.05, 4.69) is 13.0 Å². The largest absolute Gasteiger partial charge is 0.494 e. The van der Waals surface area contributed by atoms with Crippen molar-refractivity contribution in [3.63, 3.8) is 0 Å². The zero-order valence-electron chi connectivity index (χ0n) is 14.4. The van der Waals surface area contributed by atoms with Crippen molar-refractivity contribution < 1.29 is 14.3 Å². The highest BCUT2D eigenvalue weighted by Crippen LogP contribution is 2.32. The van der Waals surface area contributed by atoms with E-state index in [1.807, 2.05) is 54.3 Å². The molecule has 2 aromatic carbocycles. The van der Waals surface area contributed by atoms with Crippen LogP contribution in [0.1, 0.15) is 26.3 Å². The fourth-order valence-corrected chi connectivity index (χ4v) is 3.13. The van der Waals surface area contributed by atoms with Crippen LogP contribution in [0, 0.1) is 0 Å². The van der Waals surface area contributed by atoms with E-state index in [1.165, 1.54) is 5.56 Å². The molecule has 126 valence electrons. The van der Waals surface area contributed by atoms with E-state index in [1.54, 1.807) is 6.92 Å². The van der Waals surface area contributed by atoms with E-state index in [4.69, 9.17) is 9.47 Å². The standard InChI is InChI=1S/C20H23NO3/c1-4-23-17-9-11-18(12-10-17)24-15(3)20(22)21-14(2)13-16-7-5-6-8-19(16)21/h5-12,14-15H,4,13H2,1-3H3. The van der Waals surface area contributed by atoms with Gasteiger partial charge in [0.15, 0.2) is 6.10 Å². The van der Waals surface area contributed by atoms with Crippen molar-refractivity contribution in [3.05, 3.63) is 54.1 Å². The maximum absolute atomic E-state index is 12.9. The van der Waals surface area contributed by atoms with Crippen molar-refractivity contribution in [1.82, 2.24) is 0 Å². The topological polar surface area (TPSA) is 38.8 Å². The first kappa shape index (κ1) is 16.4. The van der Waals surface area contributed by atoms with Crippen LogP contribution in [0.25, 0.3) is 0 Å². The first-order valence-corrected chi connectivity index (χ1v) is 8.40. The average molecular weight is 325 g/mol. The summed E-state index contributed by atoms with van der Waals surface area (Å²) in [5.41, 5.74) is 2.21. The van der Waals surface area contributed by atoms with Gasteiger partial charge in [0.1, 0.15) is 11.5 Å². The number of hydrogen-bond donors (Lipinski definition) is 0. The monoisotopic (exact) mass is 325 g/mol. The quantitative estimate of drug-likeness (QED) is 0.838. The van der Waals surface area contributed by atoms with Crippen molar-refractivity contribution in [2.75, 3.05) is 11.5 Å². The molecule has 1 amide bonds. The zero-order valence-corrected chi connectivity index (χ0v) is 14.4. The van der Waals surface area contributed by atoms with Crippen molar-refractivity contribution in [1.29, 1.82) is 0 Å². The van der Waals surface area contributed by atoms with Crippen LogP contribution in [0.5, 0.6) is 11.5 Å². The second-order valence-corrected chi connectivity index (χ2v) is 6.05. The molecular weight excluding hydrogens is 302 g/mol. The summed E-state index contributed by atoms with van der Waals surface area (Å²) in [6.45, 7) is 6.44. The fraction of sp³-hybridized carbons (Fsp3) is 0.350. The minimum atomic E-state index is -0.545. The number of fused-ring (bicyclic) bond motifs is 1. The Morgan fingerprint density at radius 3 is 2.54 bits per heavy atom. The highest BCUT2D eigenvalue weighted by atomic mass is 16.5. The Kier molecular flexibility index (Phi) is 4.74. The number of carbonyl (C=O) groups is 1. The number of rotatable bonds is 5. The van der Waals surface area contributed by atoms with Crippen molar-refractivity contribution in [2.24, 2.45) is 0 Å². The van der Waals surface area contributed by atoms with Crippen LogP contribution >= 0.6 is 0 Å². The molecule has 0 bridgehead atoms. The third-order valence-corrected chi connectivity index (χ3v) is 4.24. The average Bonchev–Trinajstić information content (AvgIpc) is 2.92. The molecule has 4 nitrogen and oxygen atoms in total. The van der Waals surface area contributed by atoms with Crippen LogP contribution in [-0.4, -0.2) is 24.7 Å². The van der Waals surface area contributed by atoms with Gasteiger partial charge in [0.25, 0.3) is 5.91 Å². The van der Waals surface area contributed by atoms with Gasteiger partial charge in [0.2, 0.25) is 0 Å². The van der Waals surface area contributed by atoms with Crippen molar-refractivity contribution in [2.45, 2.75) is 39.3 Å². The van der Waals surface area contributed by atoms with Gasteiger partial charge in [-0.2, -0.15) is 0 Å². The van der Waals surface area contributed by atoms with Gasteiger partial charge in [-0.15, -0.1) is 0 Å². The summed E-state index contributed by atoms with van der Waals surface area (Å²) in [4.78, 5) is 14.7. The number of benzene rings is 2. The van der Waals surface area contributed by atoms with Gasteiger partial charge < -0.3 is 14.4 Å². The highest BCUT2D eigenvalue weighted by Gasteiger charge is 2.33. The Morgan fingerprint density at radius 2 is 1.83 bits per heavy atom. The van der Waals surface area contributed by atoms with Gasteiger partial charge in [-0.25, -0.2) is 0 Å². The summed E-state index contributed by atoms with van der Waals surface area (Å²) in [6.07, 6.45) is 0.342. The van der Waals surface area contributed by atoms with E-state index in [0.717, 1.165) is 17.9 Å². The van der Waals surface area contributed by atoms with Gasteiger partial charge in [0.05, 0.1) is 6.61 Å². The number of ether oxygens (including phenoxy) is 2. The van der Waals surface area contributed by atoms with E-state index in [9.17, 15) is 4.79 Å². The molecule has 2 unspecified atom stereocenters. The summed E-state index contributed by atoms with van der Waals surface area (Å²) in [5.74, 6) is 1.45. The SMILES string of the molecule is CCOc1ccc(OC(C)C(=O)N2c3ccccc3CC2C)cc1. The van der Waals surface area contributed by atoms with Crippen molar-refractivity contribution in [3.8, 4) is 11.5 Å². The molecule has 1 heterocycles. The molecule has 0 aromatic heterocycles. The lowest BCUT2D eigenvalue weighted by atomic mass is 10.1. The zero-order chi connectivity index (χ0) is 17.1. The maximum Gasteiger partial charge on any atom is 0.268 e. The lowest BCUT2D eigenvalue weighted by Crippen LogP contribution is -2.43. The van der Waals surface area contributed by atoms with Gasteiger partial charge in [-0.05, 0) is 63.1 Å². The number of nitrogens with zero attached hydrogens (tertiary/aromatic N) is 1. The van der Waals surface area contributed by atoms with Crippen LogP contribution in [0.3, 0.4) is 0 Å². The Morgan fingerprint density at radius 1 is 1.17 bits per heavy atom. The molecule has 4 heteroatoms. The minimum Gasteiger partial charge on any atom is -0.494 e. The lowest BCUT2D eigenvalue weighted by molar-refractivity contribution is -0.124. The number of amides is 1. The van der Waals surface area contributed by atoms with Crippen LogP contribution in [0.2, 0.25) is 0 Å².